The Morgan fingerprint density at radius 2 is 1.44 bits per heavy atom. The van der Waals surface area contributed by atoms with Crippen molar-refractivity contribution in [1.29, 1.82) is 0 Å². The first-order valence-corrected chi connectivity index (χ1v) is 10.1. The molecule has 2 aromatic carbocycles. The van der Waals surface area contributed by atoms with Gasteiger partial charge in [0, 0.05) is 5.69 Å². The zero-order chi connectivity index (χ0) is 23.5. The number of carbonyl (C=O) groups excluding carboxylic acids is 3. The lowest BCUT2D eigenvalue weighted by Gasteiger charge is -2.16. The summed E-state index contributed by atoms with van der Waals surface area (Å²) < 4.78 is 26.6. The van der Waals surface area contributed by atoms with Crippen LogP contribution in [0.2, 0.25) is 0 Å². The summed E-state index contributed by atoms with van der Waals surface area (Å²) in [4.78, 5) is 36.4. The van der Waals surface area contributed by atoms with E-state index in [1.807, 2.05) is 6.92 Å². The second kappa shape index (κ2) is 12.2. The van der Waals surface area contributed by atoms with Gasteiger partial charge in [-0.2, -0.15) is 0 Å². The fourth-order valence-electron chi connectivity index (χ4n) is 2.76. The number of anilines is 1. The standard InChI is InChI=1S/C23H27NO8/c1-5-29-18-12-16(13-19(30-6-2)21(18)31-7-3)23(27)32-14-20(25)24-17-10-8-9-15(11-17)22(26)28-4/h8-13H,5-7,14H2,1-4H3,(H,24,25). The molecule has 0 unspecified atom stereocenters. The molecule has 2 aromatic rings. The number of amides is 1. The smallest absolute Gasteiger partial charge is 0.338 e. The number of benzene rings is 2. The van der Waals surface area contributed by atoms with Crippen molar-refractivity contribution in [2.75, 3.05) is 38.9 Å². The Bertz CT molecular complexity index is 930. The van der Waals surface area contributed by atoms with Gasteiger partial charge in [-0.15, -0.1) is 0 Å². The van der Waals surface area contributed by atoms with Gasteiger partial charge >= 0.3 is 11.9 Å². The number of methoxy groups -OCH3 is 1. The summed E-state index contributed by atoms with van der Waals surface area (Å²) in [5.74, 6) is -0.739. The van der Waals surface area contributed by atoms with Crippen molar-refractivity contribution in [3.8, 4) is 17.2 Å². The van der Waals surface area contributed by atoms with E-state index in [4.69, 9.17) is 18.9 Å². The van der Waals surface area contributed by atoms with E-state index in [1.165, 1.54) is 25.3 Å². The van der Waals surface area contributed by atoms with Gasteiger partial charge in [0.2, 0.25) is 5.75 Å². The summed E-state index contributed by atoms with van der Waals surface area (Å²) in [6, 6.07) is 9.17. The van der Waals surface area contributed by atoms with Crippen LogP contribution in [0.3, 0.4) is 0 Å². The Hall–Kier alpha value is -3.75. The Balaban J connectivity index is 2.10. The first kappa shape index (κ1) is 24.5. The van der Waals surface area contributed by atoms with Gasteiger partial charge in [0.1, 0.15) is 0 Å². The Morgan fingerprint density at radius 1 is 0.812 bits per heavy atom. The largest absolute Gasteiger partial charge is 0.490 e. The minimum Gasteiger partial charge on any atom is -0.490 e. The highest BCUT2D eigenvalue weighted by Gasteiger charge is 2.20. The van der Waals surface area contributed by atoms with Crippen LogP contribution in [0.1, 0.15) is 41.5 Å². The van der Waals surface area contributed by atoms with Crippen LogP contribution in [0.4, 0.5) is 5.69 Å². The second-order valence-corrected chi connectivity index (χ2v) is 6.30. The summed E-state index contributed by atoms with van der Waals surface area (Å²) in [5.41, 5.74) is 0.803. The Kier molecular flexibility index (Phi) is 9.34. The van der Waals surface area contributed by atoms with Crippen LogP contribution in [0, 0.1) is 0 Å². The topological polar surface area (TPSA) is 109 Å². The molecule has 0 aromatic heterocycles. The lowest BCUT2D eigenvalue weighted by Crippen LogP contribution is -2.21. The highest BCUT2D eigenvalue weighted by atomic mass is 16.5. The molecule has 0 saturated carbocycles. The van der Waals surface area contributed by atoms with Gasteiger partial charge in [-0.25, -0.2) is 9.59 Å². The molecule has 9 nitrogen and oxygen atoms in total. The number of hydrogen-bond donors (Lipinski definition) is 1. The van der Waals surface area contributed by atoms with E-state index in [0.717, 1.165) is 0 Å². The number of hydrogen-bond acceptors (Lipinski definition) is 8. The average molecular weight is 445 g/mol. The Labute approximate surface area is 186 Å². The van der Waals surface area contributed by atoms with Gasteiger partial charge in [0.25, 0.3) is 5.91 Å². The molecule has 0 radical (unpaired) electrons. The van der Waals surface area contributed by atoms with Crippen molar-refractivity contribution in [2.45, 2.75) is 20.8 Å². The number of rotatable bonds is 11. The Morgan fingerprint density at radius 3 is 2.00 bits per heavy atom. The zero-order valence-corrected chi connectivity index (χ0v) is 18.6. The van der Waals surface area contributed by atoms with Gasteiger partial charge in [-0.05, 0) is 51.1 Å². The van der Waals surface area contributed by atoms with Gasteiger partial charge in [0.15, 0.2) is 18.1 Å². The van der Waals surface area contributed by atoms with Crippen LogP contribution in [0.25, 0.3) is 0 Å². The van der Waals surface area contributed by atoms with E-state index in [-0.39, 0.29) is 11.1 Å². The molecule has 0 atom stereocenters. The fourth-order valence-corrected chi connectivity index (χ4v) is 2.76. The van der Waals surface area contributed by atoms with Crippen LogP contribution >= 0.6 is 0 Å². The summed E-state index contributed by atoms with van der Waals surface area (Å²) in [6.07, 6.45) is 0. The van der Waals surface area contributed by atoms with E-state index in [1.54, 1.807) is 32.0 Å². The molecular weight excluding hydrogens is 418 g/mol. The van der Waals surface area contributed by atoms with Crippen LogP contribution < -0.4 is 19.5 Å². The first-order valence-electron chi connectivity index (χ1n) is 10.1. The molecule has 0 fully saturated rings. The van der Waals surface area contributed by atoms with E-state index in [9.17, 15) is 14.4 Å². The molecule has 0 spiro atoms. The summed E-state index contributed by atoms with van der Waals surface area (Å²) in [7, 11) is 1.27. The number of esters is 2. The monoisotopic (exact) mass is 445 g/mol. The van der Waals surface area contributed by atoms with Crippen LogP contribution in [0.5, 0.6) is 17.2 Å². The average Bonchev–Trinajstić information content (AvgIpc) is 2.79. The SMILES string of the molecule is CCOc1cc(C(=O)OCC(=O)Nc2cccc(C(=O)OC)c2)cc(OCC)c1OCC. The molecule has 2 rings (SSSR count). The van der Waals surface area contributed by atoms with Gasteiger partial charge < -0.3 is 29.0 Å². The van der Waals surface area contributed by atoms with Crippen molar-refractivity contribution in [1.82, 2.24) is 0 Å². The molecule has 1 amide bonds. The summed E-state index contributed by atoms with van der Waals surface area (Å²) in [6.45, 7) is 6.02. The van der Waals surface area contributed by atoms with Crippen LogP contribution in [-0.2, 0) is 14.3 Å². The summed E-state index contributed by atoms with van der Waals surface area (Å²) >= 11 is 0. The van der Waals surface area contributed by atoms with Crippen molar-refractivity contribution >= 4 is 23.5 Å². The van der Waals surface area contributed by atoms with Crippen molar-refractivity contribution in [3.05, 3.63) is 47.5 Å². The number of nitrogens with one attached hydrogen (secondary N) is 1. The van der Waals surface area contributed by atoms with Crippen molar-refractivity contribution < 1.29 is 38.1 Å². The molecular formula is C23H27NO8. The molecule has 0 aliphatic rings. The maximum Gasteiger partial charge on any atom is 0.338 e. The minimum atomic E-state index is -0.728. The van der Waals surface area contributed by atoms with E-state index in [0.29, 0.717) is 42.8 Å². The predicted molar refractivity (Wildman–Crippen MR) is 117 cm³/mol. The van der Waals surface area contributed by atoms with Crippen LogP contribution in [0.15, 0.2) is 36.4 Å². The van der Waals surface area contributed by atoms with Crippen LogP contribution in [-0.4, -0.2) is 51.4 Å². The molecule has 0 aliphatic heterocycles. The first-order chi connectivity index (χ1) is 15.4. The minimum absolute atomic E-state index is 0.154. The summed E-state index contributed by atoms with van der Waals surface area (Å²) in [5, 5.41) is 2.56. The lowest BCUT2D eigenvalue weighted by molar-refractivity contribution is -0.119. The third-order valence-corrected chi connectivity index (χ3v) is 4.05. The van der Waals surface area contributed by atoms with Gasteiger partial charge in [-0.3, -0.25) is 4.79 Å². The zero-order valence-electron chi connectivity index (χ0n) is 18.6. The van der Waals surface area contributed by atoms with Crippen molar-refractivity contribution in [2.24, 2.45) is 0 Å². The molecule has 32 heavy (non-hydrogen) atoms. The molecule has 172 valence electrons. The molecule has 9 heteroatoms. The third kappa shape index (κ3) is 6.63. The quantitative estimate of drug-likeness (QED) is 0.524. The number of ether oxygens (including phenoxy) is 5. The fraction of sp³-hybridized carbons (Fsp3) is 0.348. The maximum absolute atomic E-state index is 12.6. The third-order valence-electron chi connectivity index (χ3n) is 4.05. The molecule has 0 saturated heterocycles. The molecule has 1 N–H and O–H groups in total. The maximum atomic E-state index is 12.6. The molecule has 0 bridgehead atoms. The van der Waals surface area contributed by atoms with E-state index in [2.05, 4.69) is 10.1 Å². The predicted octanol–water partition coefficient (Wildman–Crippen LogP) is 3.46. The van der Waals surface area contributed by atoms with Crippen molar-refractivity contribution in [3.63, 3.8) is 0 Å². The highest BCUT2D eigenvalue weighted by Crippen LogP contribution is 2.39. The molecule has 0 heterocycles. The number of carbonyl (C=O) groups is 3. The normalized spacial score (nSPS) is 10.1. The van der Waals surface area contributed by atoms with E-state index >= 15 is 0 Å². The van der Waals surface area contributed by atoms with Gasteiger partial charge in [0.05, 0.1) is 38.1 Å². The van der Waals surface area contributed by atoms with Gasteiger partial charge in [-0.1, -0.05) is 6.07 Å². The van der Waals surface area contributed by atoms with E-state index < -0.39 is 24.5 Å². The second-order valence-electron chi connectivity index (χ2n) is 6.30. The lowest BCUT2D eigenvalue weighted by atomic mass is 10.2. The highest BCUT2D eigenvalue weighted by molar-refractivity contribution is 5.97. The molecule has 0 aliphatic carbocycles.